The Labute approximate surface area is 166 Å². The van der Waals surface area contributed by atoms with Gasteiger partial charge in [-0.15, -0.1) is 0 Å². The number of hydrogen-bond donors (Lipinski definition) is 1. The monoisotopic (exact) mass is 384 g/mol. The summed E-state index contributed by atoms with van der Waals surface area (Å²) in [5.41, 5.74) is 2.44. The molecule has 0 fully saturated rings. The lowest BCUT2D eigenvalue weighted by atomic mass is 9.86. The molecule has 0 aliphatic rings. The zero-order chi connectivity index (χ0) is 20.9. The number of amides is 1. The number of anilines is 1. The standard InChI is InChI=1S/C22H28N2O4/c1-15-8-10-18(19(13-15)24(26)27)23-21(25)22(4,5)11-6-12-28-20-14-16(2)7-9-17(20)3/h7-10,13-14H,6,11-12H2,1-5H3,(H,23,25). The molecule has 1 amide bonds. The molecule has 1 N–H and O–H groups in total. The molecule has 2 aromatic carbocycles. The van der Waals surface area contributed by atoms with Crippen LogP contribution >= 0.6 is 0 Å². The van der Waals surface area contributed by atoms with Gasteiger partial charge < -0.3 is 10.1 Å². The minimum Gasteiger partial charge on any atom is -0.493 e. The van der Waals surface area contributed by atoms with Crippen molar-refractivity contribution >= 4 is 17.3 Å². The van der Waals surface area contributed by atoms with E-state index in [9.17, 15) is 14.9 Å². The maximum atomic E-state index is 12.7. The Morgan fingerprint density at radius 3 is 2.43 bits per heavy atom. The van der Waals surface area contributed by atoms with E-state index in [0.29, 0.717) is 19.4 Å². The molecule has 0 bridgehead atoms. The van der Waals surface area contributed by atoms with Gasteiger partial charge in [-0.3, -0.25) is 14.9 Å². The van der Waals surface area contributed by atoms with Crippen LogP contribution in [-0.4, -0.2) is 17.4 Å². The summed E-state index contributed by atoms with van der Waals surface area (Å²) < 4.78 is 5.85. The zero-order valence-electron chi connectivity index (χ0n) is 17.2. The number of nitrogens with zero attached hydrogens (tertiary/aromatic N) is 1. The molecule has 2 rings (SSSR count). The van der Waals surface area contributed by atoms with Crippen LogP contribution in [0.3, 0.4) is 0 Å². The maximum Gasteiger partial charge on any atom is 0.293 e. The van der Waals surface area contributed by atoms with Crippen LogP contribution in [0.25, 0.3) is 0 Å². The minimum absolute atomic E-state index is 0.0950. The Bertz CT molecular complexity index is 875. The van der Waals surface area contributed by atoms with Gasteiger partial charge in [-0.05, 0) is 62.4 Å². The average molecular weight is 384 g/mol. The number of ether oxygens (including phenoxy) is 1. The second-order valence-corrected chi connectivity index (χ2v) is 7.84. The topological polar surface area (TPSA) is 81.5 Å². The fourth-order valence-corrected chi connectivity index (χ4v) is 2.86. The number of hydrogen-bond acceptors (Lipinski definition) is 4. The normalized spacial score (nSPS) is 11.2. The third kappa shape index (κ3) is 5.55. The molecule has 0 aliphatic carbocycles. The lowest BCUT2D eigenvalue weighted by Crippen LogP contribution is -2.31. The van der Waals surface area contributed by atoms with E-state index in [4.69, 9.17) is 4.74 Å². The smallest absolute Gasteiger partial charge is 0.293 e. The van der Waals surface area contributed by atoms with Crippen LogP contribution in [0.15, 0.2) is 36.4 Å². The molecule has 0 aliphatic heterocycles. The summed E-state index contributed by atoms with van der Waals surface area (Å²) in [4.78, 5) is 23.4. The van der Waals surface area contributed by atoms with E-state index in [1.165, 1.54) is 6.07 Å². The van der Waals surface area contributed by atoms with Crippen LogP contribution in [0.4, 0.5) is 11.4 Å². The van der Waals surface area contributed by atoms with E-state index in [1.54, 1.807) is 19.1 Å². The summed E-state index contributed by atoms with van der Waals surface area (Å²) in [6.07, 6.45) is 1.30. The fourth-order valence-electron chi connectivity index (χ4n) is 2.86. The quantitative estimate of drug-likeness (QED) is 0.378. The first-order valence-corrected chi connectivity index (χ1v) is 9.37. The Kier molecular flexibility index (Phi) is 6.78. The van der Waals surface area contributed by atoms with Crippen molar-refractivity contribution in [1.82, 2.24) is 0 Å². The van der Waals surface area contributed by atoms with Crippen molar-refractivity contribution in [3.63, 3.8) is 0 Å². The number of nitrogens with one attached hydrogen (secondary N) is 1. The highest BCUT2D eigenvalue weighted by molar-refractivity contribution is 5.96. The molecule has 0 aromatic heterocycles. The molecule has 0 saturated heterocycles. The third-order valence-corrected chi connectivity index (χ3v) is 4.76. The molecule has 6 nitrogen and oxygen atoms in total. The molecule has 0 atom stereocenters. The summed E-state index contributed by atoms with van der Waals surface area (Å²) in [5.74, 6) is 0.615. The lowest BCUT2D eigenvalue weighted by Gasteiger charge is -2.23. The molecule has 0 unspecified atom stereocenters. The van der Waals surface area contributed by atoms with Crippen LogP contribution in [0.2, 0.25) is 0 Å². The van der Waals surface area contributed by atoms with Crippen molar-refractivity contribution in [2.24, 2.45) is 5.41 Å². The highest BCUT2D eigenvalue weighted by atomic mass is 16.6. The van der Waals surface area contributed by atoms with Crippen molar-refractivity contribution in [2.75, 3.05) is 11.9 Å². The largest absolute Gasteiger partial charge is 0.493 e. The maximum absolute atomic E-state index is 12.7. The Hall–Kier alpha value is -2.89. The van der Waals surface area contributed by atoms with E-state index in [-0.39, 0.29) is 17.3 Å². The highest BCUT2D eigenvalue weighted by Gasteiger charge is 2.29. The van der Waals surface area contributed by atoms with Gasteiger partial charge in [0.15, 0.2) is 0 Å². The number of rotatable bonds is 8. The fraction of sp³-hybridized carbons (Fsp3) is 0.409. The molecule has 6 heteroatoms. The van der Waals surface area contributed by atoms with Crippen LogP contribution in [0.5, 0.6) is 5.75 Å². The van der Waals surface area contributed by atoms with Gasteiger partial charge in [0.2, 0.25) is 5.91 Å². The van der Waals surface area contributed by atoms with Crippen molar-refractivity contribution in [2.45, 2.75) is 47.5 Å². The van der Waals surface area contributed by atoms with Gasteiger partial charge in [0, 0.05) is 11.5 Å². The van der Waals surface area contributed by atoms with Crippen LogP contribution in [0, 0.1) is 36.3 Å². The number of nitro benzene ring substituents is 1. The molecular weight excluding hydrogens is 356 g/mol. The Morgan fingerprint density at radius 1 is 1.11 bits per heavy atom. The molecule has 28 heavy (non-hydrogen) atoms. The number of carbonyl (C=O) groups excluding carboxylic acids is 1. The third-order valence-electron chi connectivity index (χ3n) is 4.76. The van der Waals surface area contributed by atoms with Crippen LogP contribution in [0.1, 0.15) is 43.4 Å². The lowest BCUT2D eigenvalue weighted by molar-refractivity contribution is -0.384. The van der Waals surface area contributed by atoms with Crippen molar-refractivity contribution in [1.29, 1.82) is 0 Å². The van der Waals surface area contributed by atoms with Gasteiger partial charge in [-0.2, -0.15) is 0 Å². The van der Waals surface area contributed by atoms with Gasteiger partial charge in [0.1, 0.15) is 11.4 Å². The predicted octanol–water partition coefficient (Wildman–Crippen LogP) is 5.34. The summed E-state index contributed by atoms with van der Waals surface area (Å²) in [5, 5.41) is 14.0. The summed E-state index contributed by atoms with van der Waals surface area (Å²) in [6, 6.07) is 10.8. The van der Waals surface area contributed by atoms with Crippen molar-refractivity contribution in [3.8, 4) is 5.75 Å². The van der Waals surface area contributed by atoms with Gasteiger partial charge in [-0.1, -0.05) is 32.0 Å². The summed E-state index contributed by atoms with van der Waals surface area (Å²) >= 11 is 0. The first-order valence-electron chi connectivity index (χ1n) is 9.37. The first kappa shape index (κ1) is 21.4. The average Bonchev–Trinajstić information content (AvgIpc) is 2.62. The molecule has 0 spiro atoms. The zero-order valence-corrected chi connectivity index (χ0v) is 17.2. The van der Waals surface area contributed by atoms with E-state index in [1.807, 2.05) is 45.9 Å². The van der Waals surface area contributed by atoms with E-state index in [0.717, 1.165) is 22.4 Å². The summed E-state index contributed by atoms with van der Waals surface area (Å²) in [7, 11) is 0. The Balaban J connectivity index is 1.94. The van der Waals surface area contributed by atoms with Crippen molar-refractivity contribution in [3.05, 3.63) is 63.2 Å². The van der Waals surface area contributed by atoms with E-state index in [2.05, 4.69) is 5.32 Å². The predicted molar refractivity (Wildman–Crippen MR) is 111 cm³/mol. The number of benzene rings is 2. The Morgan fingerprint density at radius 2 is 1.75 bits per heavy atom. The van der Waals surface area contributed by atoms with Crippen LogP contribution in [-0.2, 0) is 4.79 Å². The van der Waals surface area contributed by atoms with Crippen LogP contribution < -0.4 is 10.1 Å². The first-order chi connectivity index (χ1) is 13.1. The van der Waals surface area contributed by atoms with E-state index < -0.39 is 10.3 Å². The number of nitro groups is 1. The van der Waals surface area contributed by atoms with Gasteiger partial charge in [0.25, 0.3) is 5.69 Å². The highest BCUT2D eigenvalue weighted by Crippen LogP contribution is 2.30. The SMILES string of the molecule is Cc1ccc(C)c(OCCCC(C)(C)C(=O)Nc2ccc(C)cc2[N+](=O)[O-])c1. The molecule has 0 saturated carbocycles. The second-order valence-electron chi connectivity index (χ2n) is 7.84. The van der Waals surface area contributed by atoms with Gasteiger partial charge in [-0.25, -0.2) is 0 Å². The second kappa shape index (κ2) is 8.87. The summed E-state index contributed by atoms with van der Waals surface area (Å²) in [6.45, 7) is 9.97. The molecule has 0 heterocycles. The molecular formula is C22H28N2O4. The van der Waals surface area contributed by atoms with E-state index >= 15 is 0 Å². The molecule has 150 valence electrons. The molecule has 2 aromatic rings. The van der Waals surface area contributed by atoms with Crippen molar-refractivity contribution < 1.29 is 14.5 Å². The van der Waals surface area contributed by atoms with Gasteiger partial charge in [0.05, 0.1) is 11.5 Å². The number of aryl methyl sites for hydroxylation is 3. The number of carbonyl (C=O) groups is 1. The van der Waals surface area contributed by atoms with Gasteiger partial charge >= 0.3 is 0 Å². The molecule has 0 radical (unpaired) electrons. The minimum atomic E-state index is -0.677.